The molecule has 2 aromatic carbocycles. The van der Waals surface area contributed by atoms with Crippen molar-refractivity contribution < 1.29 is 14.3 Å². The number of rotatable bonds is 5. The van der Waals surface area contributed by atoms with Crippen LogP contribution in [0.15, 0.2) is 24.3 Å². The van der Waals surface area contributed by atoms with Crippen LogP contribution >= 0.6 is 0 Å². The topological polar surface area (TPSA) is 35.5 Å². The molecule has 0 bridgehead atoms. The molecule has 1 saturated carbocycles. The van der Waals surface area contributed by atoms with Gasteiger partial charge in [0.25, 0.3) is 0 Å². The van der Waals surface area contributed by atoms with Gasteiger partial charge in [-0.05, 0) is 110 Å². The van der Waals surface area contributed by atoms with E-state index in [9.17, 15) is 4.79 Å². The highest BCUT2D eigenvalue weighted by molar-refractivity contribution is 5.73. The monoisotopic (exact) mass is 406 g/mol. The first kappa shape index (κ1) is 21.0. The van der Waals surface area contributed by atoms with E-state index in [0.717, 1.165) is 18.6 Å². The summed E-state index contributed by atoms with van der Waals surface area (Å²) in [5.74, 6) is 1.51. The number of carbonyl (C=O) groups excluding carboxylic acids is 1. The maximum atomic E-state index is 12.3. The van der Waals surface area contributed by atoms with E-state index in [1.54, 1.807) is 0 Å². The Balaban J connectivity index is 1.65. The van der Waals surface area contributed by atoms with Crippen molar-refractivity contribution in [1.82, 2.24) is 0 Å². The Morgan fingerprint density at radius 1 is 1.03 bits per heavy atom. The Labute approximate surface area is 180 Å². The van der Waals surface area contributed by atoms with Crippen LogP contribution in [0.3, 0.4) is 0 Å². The number of aryl methyl sites for hydroxylation is 2. The number of methoxy groups -OCH3 is 1. The minimum Gasteiger partial charge on any atom is -0.485 e. The van der Waals surface area contributed by atoms with Crippen LogP contribution in [0.2, 0.25) is 0 Å². The van der Waals surface area contributed by atoms with Crippen LogP contribution in [0.4, 0.5) is 0 Å². The van der Waals surface area contributed by atoms with Gasteiger partial charge in [0, 0.05) is 0 Å². The van der Waals surface area contributed by atoms with Crippen LogP contribution < -0.4 is 4.74 Å². The number of hydrogen-bond donors (Lipinski definition) is 0. The number of carbonyl (C=O) groups is 1. The van der Waals surface area contributed by atoms with E-state index >= 15 is 0 Å². The van der Waals surface area contributed by atoms with Gasteiger partial charge in [0.1, 0.15) is 11.9 Å². The van der Waals surface area contributed by atoms with Gasteiger partial charge in [-0.25, -0.2) is 0 Å². The summed E-state index contributed by atoms with van der Waals surface area (Å²) < 4.78 is 11.6. The molecule has 0 radical (unpaired) electrons. The molecule has 1 aliphatic heterocycles. The zero-order valence-corrected chi connectivity index (χ0v) is 19.2. The van der Waals surface area contributed by atoms with Gasteiger partial charge in [-0.15, -0.1) is 0 Å². The second-order valence-corrected chi connectivity index (χ2v) is 9.35. The van der Waals surface area contributed by atoms with Crippen LogP contribution in [0.1, 0.15) is 77.2 Å². The van der Waals surface area contributed by atoms with Gasteiger partial charge in [-0.3, -0.25) is 4.79 Å². The minimum absolute atomic E-state index is 0.0863. The van der Waals surface area contributed by atoms with E-state index in [1.165, 1.54) is 58.9 Å². The number of benzene rings is 2. The highest BCUT2D eigenvalue weighted by atomic mass is 16.5. The van der Waals surface area contributed by atoms with Gasteiger partial charge in [-0.2, -0.15) is 0 Å². The molecule has 2 aliphatic rings. The SMILES string of the molecule is COC(=O)[C@@H](C)[C@H](c1ccc2c(c1)OC(c1cc(C)c(C)c(C)c1C)CC2)C1CC1. The summed E-state index contributed by atoms with van der Waals surface area (Å²) in [4.78, 5) is 12.3. The predicted octanol–water partition coefficient (Wildman–Crippen LogP) is 6.29. The van der Waals surface area contributed by atoms with Crippen molar-refractivity contribution in [2.24, 2.45) is 11.8 Å². The van der Waals surface area contributed by atoms with Crippen molar-refractivity contribution >= 4 is 5.97 Å². The smallest absolute Gasteiger partial charge is 0.309 e. The Bertz CT molecular complexity index is 971. The summed E-state index contributed by atoms with van der Waals surface area (Å²) in [6, 6.07) is 8.92. The van der Waals surface area contributed by atoms with E-state index in [0.29, 0.717) is 5.92 Å². The number of fused-ring (bicyclic) bond motifs is 1. The molecule has 160 valence electrons. The molecule has 3 heteroatoms. The van der Waals surface area contributed by atoms with Crippen LogP contribution in [-0.4, -0.2) is 13.1 Å². The van der Waals surface area contributed by atoms with E-state index in [1.807, 2.05) is 6.92 Å². The minimum atomic E-state index is -0.135. The predicted molar refractivity (Wildman–Crippen MR) is 120 cm³/mol. The summed E-state index contributed by atoms with van der Waals surface area (Å²) in [6.07, 6.45) is 4.48. The first-order valence-corrected chi connectivity index (χ1v) is 11.3. The highest BCUT2D eigenvalue weighted by Crippen LogP contribution is 2.48. The number of hydrogen-bond acceptors (Lipinski definition) is 3. The third kappa shape index (κ3) is 3.75. The average molecular weight is 407 g/mol. The molecule has 3 atom stereocenters. The van der Waals surface area contributed by atoms with Crippen LogP contribution in [0.25, 0.3) is 0 Å². The van der Waals surface area contributed by atoms with Gasteiger partial charge in [0.05, 0.1) is 13.0 Å². The fourth-order valence-electron chi connectivity index (χ4n) is 5.15. The van der Waals surface area contributed by atoms with E-state index in [2.05, 4.69) is 52.0 Å². The lowest BCUT2D eigenvalue weighted by molar-refractivity contribution is -0.145. The maximum absolute atomic E-state index is 12.3. The fraction of sp³-hybridized carbons (Fsp3) is 0.519. The molecule has 0 saturated heterocycles. The van der Waals surface area contributed by atoms with Gasteiger partial charge in [0.2, 0.25) is 0 Å². The van der Waals surface area contributed by atoms with Crippen molar-refractivity contribution in [3.8, 4) is 5.75 Å². The molecule has 3 nitrogen and oxygen atoms in total. The van der Waals surface area contributed by atoms with Gasteiger partial charge < -0.3 is 9.47 Å². The summed E-state index contributed by atoms with van der Waals surface area (Å²) in [7, 11) is 1.48. The second kappa shape index (κ2) is 8.09. The second-order valence-electron chi connectivity index (χ2n) is 9.35. The zero-order chi connectivity index (χ0) is 21.6. The Morgan fingerprint density at radius 3 is 2.43 bits per heavy atom. The molecule has 1 unspecified atom stereocenters. The molecule has 2 aromatic rings. The van der Waals surface area contributed by atoms with E-state index in [-0.39, 0.29) is 23.9 Å². The number of ether oxygens (including phenoxy) is 2. The fourth-order valence-corrected chi connectivity index (χ4v) is 5.15. The average Bonchev–Trinajstić information content (AvgIpc) is 3.58. The molecular formula is C27H34O3. The largest absolute Gasteiger partial charge is 0.485 e. The lowest BCUT2D eigenvalue weighted by Gasteiger charge is -2.30. The zero-order valence-electron chi connectivity index (χ0n) is 19.2. The van der Waals surface area contributed by atoms with Crippen molar-refractivity contribution in [1.29, 1.82) is 0 Å². The van der Waals surface area contributed by atoms with E-state index in [4.69, 9.17) is 9.47 Å². The lowest BCUT2D eigenvalue weighted by Crippen LogP contribution is -2.23. The highest BCUT2D eigenvalue weighted by Gasteiger charge is 2.39. The van der Waals surface area contributed by atoms with Crippen LogP contribution in [0, 0.1) is 39.5 Å². The number of esters is 1. The molecule has 30 heavy (non-hydrogen) atoms. The summed E-state index contributed by atoms with van der Waals surface area (Å²) in [5.41, 5.74) is 9.21. The third-order valence-electron chi connectivity index (χ3n) is 7.53. The van der Waals surface area contributed by atoms with Gasteiger partial charge in [0.15, 0.2) is 0 Å². The standard InChI is InChI=1S/C27H34O3/c1-15-13-23(18(4)17(3)16(15)2)24-12-11-20-7-10-22(14-25(20)30-24)26(21-8-9-21)19(5)27(28)29-6/h7,10,13-14,19,21,24,26H,8-9,11-12H2,1-6H3/t19-,24?,26-/m0/s1. The van der Waals surface area contributed by atoms with E-state index < -0.39 is 0 Å². The van der Waals surface area contributed by atoms with Gasteiger partial charge in [-0.1, -0.05) is 25.1 Å². The summed E-state index contributed by atoms with van der Waals surface area (Å²) in [6.45, 7) is 10.8. The van der Waals surface area contributed by atoms with Crippen LogP contribution in [0.5, 0.6) is 5.75 Å². The first-order chi connectivity index (χ1) is 14.3. The lowest BCUT2D eigenvalue weighted by atomic mass is 9.82. The van der Waals surface area contributed by atoms with Gasteiger partial charge >= 0.3 is 5.97 Å². The van der Waals surface area contributed by atoms with Crippen molar-refractivity contribution in [3.63, 3.8) is 0 Å². The quantitative estimate of drug-likeness (QED) is 0.548. The molecule has 0 amide bonds. The Kier molecular flexibility index (Phi) is 5.65. The molecular weight excluding hydrogens is 372 g/mol. The van der Waals surface area contributed by atoms with Crippen molar-refractivity contribution in [2.75, 3.05) is 7.11 Å². The summed E-state index contributed by atoms with van der Waals surface area (Å²) >= 11 is 0. The van der Waals surface area contributed by atoms with Crippen molar-refractivity contribution in [2.45, 2.75) is 72.3 Å². The Morgan fingerprint density at radius 2 is 1.77 bits per heavy atom. The summed E-state index contributed by atoms with van der Waals surface area (Å²) in [5, 5.41) is 0. The molecule has 1 heterocycles. The first-order valence-electron chi connectivity index (χ1n) is 11.3. The maximum Gasteiger partial charge on any atom is 0.309 e. The van der Waals surface area contributed by atoms with Crippen LogP contribution in [-0.2, 0) is 16.0 Å². The third-order valence-corrected chi connectivity index (χ3v) is 7.53. The molecule has 0 aromatic heterocycles. The molecule has 0 spiro atoms. The molecule has 1 fully saturated rings. The normalized spacial score (nSPS) is 20.1. The molecule has 1 aliphatic carbocycles. The molecule has 0 N–H and O–H groups in total. The van der Waals surface area contributed by atoms with Crippen molar-refractivity contribution in [3.05, 3.63) is 63.2 Å². The Hall–Kier alpha value is -2.29. The molecule has 4 rings (SSSR count).